The van der Waals surface area contributed by atoms with Gasteiger partial charge in [0.25, 0.3) is 5.56 Å². The maximum atomic E-state index is 11.9. The predicted molar refractivity (Wildman–Crippen MR) is 72.7 cm³/mol. The number of nitrogens with one attached hydrogen (secondary N) is 1. The van der Waals surface area contributed by atoms with Crippen molar-refractivity contribution in [1.82, 2.24) is 9.13 Å². The van der Waals surface area contributed by atoms with Crippen molar-refractivity contribution in [2.24, 2.45) is 14.1 Å². The summed E-state index contributed by atoms with van der Waals surface area (Å²) in [4.78, 5) is 23.7. The van der Waals surface area contributed by atoms with E-state index in [2.05, 4.69) is 5.32 Å². The fourth-order valence-electron chi connectivity index (χ4n) is 1.77. The highest BCUT2D eigenvalue weighted by atomic mass is 35.5. The molecule has 8 heteroatoms. The minimum atomic E-state index is -0.643. The van der Waals surface area contributed by atoms with Crippen LogP contribution in [-0.4, -0.2) is 9.13 Å². The number of nitrogens with zero attached hydrogens (tertiary/aromatic N) is 3. The second-order valence-electron chi connectivity index (χ2n) is 4.10. The van der Waals surface area contributed by atoms with E-state index in [0.29, 0.717) is 5.76 Å². The number of halogens is 1. The van der Waals surface area contributed by atoms with Gasteiger partial charge in [0.15, 0.2) is 10.8 Å². The SMILES string of the molecule is Cn1c(NCc2ccc(Cl)o2)c(C#N)c(=O)n(C)c1=O. The number of hydrogen-bond donors (Lipinski definition) is 1. The Morgan fingerprint density at radius 2 is 2.05 bits per heavy atom. The molecule has 0 aliphatic carbocycles. The standard InChI is InChI=1S/C12H11ClN4O3/c1-16-10(15-6-7-3-4-9(13)20-7)8(5-14)11(18)17(2)12(16)19/h3-4,15H,6H2,1-2H3. The van der Waals surface area contributed by atoms with Gasteiger partial charge in [0.1, 0.15) is 17.6 Å². The molecule has 0 unspecified atom stereocenters. The van der Waals surface area contributed by atoms with E-state index in [1.54, 1.807) is 18.2 Å². The summed E-state index contributed by atoms with van der Waals surface area (Å²) in [5.41, 5.74) is -1.29. The van der Waals surface area contributed by atoms with Gasteiger partial charge in [0.2, 0.25) is 0 Å². The minimum Gasteiger partial charge on any atom is -0.448 e. The lowest BCUT2D eigenvalue weighted by atomic mass is 10.3. The monoisotopic (exact) mass is 294 g/mol. The van der Waals surface area contributed by atoms with Gasteiger partial charge in [-0.15, -0.1) is 0 Å². The third-order valence-corrected chi connectivity index (χ3v) is 3.04. The molecule has 0 bridgehead atoms. The quantitative estimate of drug-likeness (QED) is 0.904. The zero-order valence-electron chi connectivity index (χ0n) is 10.8. The number of hydrogen-bond acceptors (Lipinski definition) is 5. The number of aromatic nitrogens is 2. The molecule has 0 saturated heterocycles. The van der Waals surface area contributed by atoms with Gasteiger partial charge in [0.05, 0.1) is 6.54 Å². The van der Waals surface area contributed by atoms with E-state index in [4.69, 9.17) is 21.3 Å². The van der Waals surface area contributed by atoms with Crippen LogP contribution >= 0.6 is 11.6 Å². The Morgan fingerprint density at radius 3 is 2.60 bits per heavy atom. The first kappa shape index (κ1) is 14.0. The lowest BCUT2D eigenvalue weighted by Crippen LogP contribution is -2.39. The lowest BCUT2D eigenvalue weighted by Gasteiger charge is -2.12. The zero-order valence-corrected chi connectivity index (χ0v) is 11.6. The molecule has 1 N–H and O–H groups in total. The lowest BCUT2D eigenvalue weighted by molar-refractivity contribution is 0.519. The highest BCUT2D eigenvalue weighted by Crippen LogP contribution is 2.15. The molecule has 0 amide bonds. The minimum absolute atomic E-state index is 0.132. The number of nitriles is 1. The van der Waals surface area contributed by atoms with E-state index < -0.39 is 11.2 Å². The first-order chi connectivity index (χ1) is 9.45. The molecule has 0 atom stereocenters. The Bertz CT molecular complexity index is 810. The molecule has 0 spiro atoms. The van der Waals surface area contributed by atoms with E-state index in [9.17, 15) is 9.59 Å². The molecular formula is C12H11ClN4O3. The van der Waals surface area contributed by atoms with Gasteiger partial charge in [-0.1, -0.05) is 0 Å². The molecule has 0 aromatic carbocycles. The molecular weight excluding hydrogens is 284 g/mol. The Hall–Kier alpha value is -2.46. The van der Waals surface area contributed by atoms with Crippen molar-refractivity contribution in [3.8, 4) is 6.07 Å². The maximum Gasteiger partial charge on any atom is 0.332 e. The van der Waals surface area contributed by atoms with Crippen molar-refractivity contribution in [2.75, 3.05) is 5.32 Å². The Kier molecular flexibility index (Phi) is 3.68. The topological polar surface area (TPSA) is 93.0 Å². The van der Waals surface area contributed by atoms with Gasteiger partial charge in [-0.05, 0) is 23.7 Å². The summed E-state index contributed by atoms with van der Waals surface area (Å²) in [5.74, 6) is 0.667. The van der Waals surface area contributed by atoms with Gasteiger partial charge in [-0.25, -0.2) is 4.79 Å². The van der Waals surface area contributed by atoms with Gasteiger partial charge >= 0.3 is 5.69 Å². The maximum absolute atomic E-state index is 11.9. The van der Waals surface area contributed by atoms with Gasteiger partial charge < -0.3 is 9.73 Å². The van der Waals surface area contributed by atoms with E-state index in [0.717, 1.165) is 4.57 Å². The second-order valence-corrected chi connectivity index (χ2v) is 4.47. The van der Waals surface area contributed by atoms with E-state index in [1.807, 2.05) is 0 Å². The summed E-state index contributed by atoms with van der Waals surface area (Å²) in [6.45, 7) is 0.196. The van der Waals surface area contributed by atoms with Crippen LogP contribution in [0.25, 0.3) is 0 Å². The van der Waals surface area contributed by atoms with Crippen LogP contribution < -0.4 is 16.6 Å². The van der Waals surface area contributed by atoms with Crippen LogP contribution in [0.15, 0.2) is 26.1 Å². The van der Waals surface area contributed by atoms with E-state index in [1.165, 1.54) is 18.7 Å². The molecule has 2 aromatic rings. The van der Waals surface area contributed by atoms with Gasteiger partial charge in [-0.2, -0.15) is 5.26 Å². The van der Waals surface area contributed by atoms with E-state index in [-0.39, 0.29) is 23.1 Å². The third kappa shape index (κ3) is 2.33. The van der Waals surface area contributed by atoms with Crippen LogP contribution in [0, 0.1) is 11.3 Å². The van der Waals surface area contributed by atoms with Crippen LogP contribution in [-0.2, 0) is 20.6 Å². The number of rotatable bonds is 3. The molecule has 2 aromatic heterocycles. The highest BCUT2D eigenvalue weighted by molar-refractivity contribution is 6.28. The van der Waals surface area contributed by atoms with Crippen molar-refractivity contribution >= 4 is 17.4 Å². The Labute approximate surface area is 118 Å². The molecule has 0 aliphatic rings. The molecule has 0 aliphatic heterocycles. The average molecular weight is 295 g/mol. The smallest absolute Gasteiger partial charge is 0.332 e. The molecule has 0 fully saturated rings. The van der Waals surface area contributed by atoms with Gasteiger partial charge in [0, 0.05) is 14.1 Å². The molecule has 0 saturated carbocycles. The summed E-state index contributed by atoms with van der Waals surface area (Å²) in [5, 5.41) is 12.2. The van der Waals surface area contributed by atoms with Crippen molar-refractivity contribution in [2.45, 2.75) is 6.54 Å². The predicted octanol–water partition coefficient (Wildman–Crippen LogP) is 0.814. The normalized spacial score (nSPS) is 10.3. The van der Waals surface area contributed by atoms with Crippen LogP contribution in [0.5, 0.6) is 0 Å². The average Bonchev–Trinajstić information content (AvgIpc) is 2.84. The van der Waals surface area contributed by atoms with E-state index >= 15 is 0 Å². The first-order valence-electron chi connectivity index (χ1n) is 5.64. The van der Waals surface area contributed by atoms with Crippen molar-refractivity contribution in [3.05, 3.63) is 49.5 Å². The third-order valence-electron chi connectivity index (χ3n) is 2.84. The molecule has 2 heterocycles. The summed E-state index contributed by atoms with van der Waals surface area (Å²) >= 11 is 5.65. The first-order valence-corrected chi connectivity index (χ1v) is 6.01. The summed E-state index contributed by atoms with van der Waals surface area (Å²) in [6, 6.07) is 5.03. The summed E-state index contributed by atoms with van der Waals surface area (Å²) in [6.07, 6.45) is 0. The number of furan rings is 1. The van der Waals surface area contributed by atoms with Crippen molar-refractivity contribution in [1.29, 1.82) is 5.26 Å². The Morgan fingerprint density at radius 1 is 1.35 bits per heavy atom. The van der Waals surface area contributed by atoms with Crippen molar-refractivity contribution < 1.29 is 4.42 Å². The van der Waals surface area contributed by atoms with Crippen LogP contribution in [0.2, 0.25) is 5.22 Å². The van der Waals surface area contributed by atoms with Crippen LogP contribution in [0.4, 0.5) is 5.82 Å². The van der Waals surface area contributed by atoms with Crippen LogP contribution in [0.1, 0.15) is 11.3 Å². The van der Waals surface area contributed by atoms with Crippen LogP contribution in [0.3, 0.4) is 0 Å². The molecule has 104 valence electrons. The zero-order chi connectivity index (χ0) is 14.9. The Balaban J connectivity index is 2.44. The molecule has 20 heavy (non-hydrogen) atoms. The largest absolute Gasteiger partial charge is 0.448 e. The summed E-state index contributed by atoms with van der Waals surface area (Å²) < 4.78 is 7.23. The second kappa shape index (κ2) is 5.27. The molecule has 0 radical (unpaired) electrons. The van der Waals surface area contributed by atoms with Crippen molar-refractivity contribution in [3.63, 3.8) is 0 Å². The highest BCUT2D eigenvalue weighted by Gasteiger charge is 2.15. The fourth-order valence-corrected chi connectivity index (χ4v) is 1.93. The van der Waals surface area contributed by atoms with Gasteiger partial charge in [-0.3, -0.25) is 13.9 Å². The number of anilines is 1. The fraction of sp³-hybridized carbons (Fsp3) is 0.250. The molecule has 2 rings (SSSR count). The molecule has 7 nitrogen and oxygen atoms in total. The summed E-state index contributed by atoms with van der Waals surface area (Å²) in [7, 11) is 2.79.